The summed E-state index contributed by atoms with van der Waals surface area (Å²) < 4.78 is 4.80. The Bertz CT molecular complexity index is 595. The van der Waals surface area contributed by atoms with E-state index in [0.717, 1.165) is 4.90 Å². The summed E-state index contributed by atoms with van der Waals surface area (Å²) in [6.07, 6.45) is 0.933. The number of non-ortho nitro benzene ring substituents is 1. The molecule has 1 aromatic carbocycles. The normalized spacial score (nSPS) is 14.1. The summed E-state index contributed by atoms with van der Waals surface area (Å²) in [5.74, 6) is -1.61. The van der Waals surface area contributed by atoms with Crippen molar-refractivity contribution in [3.8, 4) is 0 Å². The Balaban J connectivity index is 1.91. The number of hydrogen-bond acceptors (Lipinski definition) is 6. The molecule has 0 N–H and O–H groups in total. The number of nitrogens with zero attached hydrogens (tertiary/aromatic N) is 2. The van der Waals surface area contributed by atoms with Crippen LogP contribution in [0.15, 0.2) is 24.3 Å². The van der Waals surface area contributed by atoms with Crippen LogP contribution >= 0.6 is 0 Å². The molecule has 1 aliphatic rings. The molecule has 0 spiro atoms. The first-order valence-corrected chi connectivity index (χ1v) is 6.24. The first-order valence-electron chi connectivity index (χ1n) is 6.24. The molecule has 0 bridgehead atoms. The van der Waals surface area contributed by atoms with E-state index in [2.05, 4.69) is 0 Å². The van der Waals surface area contributed by atoms with Gasteiger partial charge in [0, 0.05) is 25.1 Å². The van der Waals surface area contributed by atoms with Crippen LogP contribution in [0.25, 0.3) is 0 Å². The number of nitro benzene ring substituents is 1. The smallest absolute Gasteiger partial charge is 0.338 e. The number of amides is 2. The van der Waals surface area contributed by atoms with Crippen molar-refractivity contribution in [2.45, 2.75) is 12.8 Å². The van der Waals surface area contributed by atoms with Crippen molar-refractivity contribution >= 4 is 23.5 Å². The molecule has 0 radical (unpaired) electrons. The molecule has 1 saturated heterocycles. The lowest BCUT2D eigenvalue weighted by Crippen LogP contribution is -2.35. The molecule has 0 atom stereocenters. The first-order chi connectivity index (χ1) is 9.99. The number of rotatable bonds is 4. The molecule has 110 valence electrons. The van der Waals surface area contributed by atoms with Crippen molar-refractivity contribution in [1.82, 2.24) is 4.90 Å². The van der Waals surface area contributed by atoms with Gasteiger partial charge < -0.3 is 4.74 Å². The standard InChI is InChI=1S/C13H12N2O6/c16-11-2-1-7-14(11)12(17)8-21-13(18)9-3-5-10(6-4-9)15(19)20/h3-6H,1-2,7-8H2. The average molecular weight is 292 g/mol. The monoisotopic (exact) mass is 292 g/mol. The van der Waals surface area contributed by atoms with Gasteiger partial charge in [0.25, 0.3) is 11.6 Å². The maximum atomic E-state index is 11.7. The van der Waals surface area contributed by atoms with Gasteiger partial charge in [-0.15, -0.1) is 0 Å². The molecule has 1 aliphatic heterocycles. The molecule has 2 amide bonds. The number of carbonyl (C=O) groups excluding carboxylic acids is 3. The van der Waals surface area contributed by atoms with Gasteiger partial charge in [0.15, 0.2) is 6.61 Å². The minimum Gasteiger partial charge on any atom is -0.452 e. The third-order valence-corrected chi connectivity index (χ3v) is 3.02. The highest BCUT2D eigenvalue weighted by atomic mass is 16.6. The molecular weight excluding hydrogens is 280 g/mol. The van der Waals surface area contributed by atoms with E-state index in [4.69, 9.17) is 4.74 Å². The van der Waals surface area contributed by atoms with Crippen LogP contribution in [-0.2, 0) is 14.3 Å². The predicted molar refractivity (Wildman–Crippen MR) is 69.3 cm³/mol. The molecule has 1 heterocycles. The fourth-order valence-electron chi connectivity index (χ4n) is 1.92. The number of esters is 1. The fraction of sp³-hybridized carbons (Fsp3) is 0.308. The molecule has 21 heavy (non-hydrogen) atoms. The summed E-state index contributed by atoms with van der Waals surface area (Å²) in [5.41, 5.74) is -0.0496. The zero-order valence-electron chi connectivity index (χ0n) is 11.0. The second kappa shape index (κ2) is 6.12. The quantitative estimate of drug-likeness (QED) is 0.463. The van der Waals surface area contributed by atoms with E-state index in [-0.39, 0.29) is 17.2 Å². The number of carbonyl (C=O) groups is 3. The maximum Gasteiger partial charge on any atom is 0.338 e. The van der Waals surface area contributed by atoms with Crippen molar-refractivity contribution in [1.29, 1.82) is 0 Å². The summed E-state index contributed by atoms with van der Waals surface area (Å²) in [4.78, 5) is 45.6. The molecule has 1 aromatic rings. The number of imide groups is 1. The molecule has 0 saturated carbocycles. The van der Waals surface area contributed by atoms with Crippen molar-refractivity contribution < 1.29 is 24.0 Å². The van der Waals surface area contributed by atoms with Gasteiger partial charge in [-0.1, -0.05) is 0 Å². The minimum atomic E-state index is -0.773. The van der Waals surface area contributed by atoms with Crippen LogP contribution in [0.4, 0.5) is 5.69 Å². The lowest BCUT2D eigenvalue weighted by atomic mass is 10.2. The third-order valence-electron chi connectivity index (χ3n) is 3.02. The number of likely N-dealkylation sites (tertiary alicyclic amines) is 1. The molecule has 0 unspecified atom stereocenters. The van der Waals surface area contributed by atoms with Crippen molar-refractivity contribution in [2.75, 3.05) is 13.2 Å². The maximum absolute atomic E-state index is 11.7. The van der Waals surface area contributed by atoms with Gasteiger partial charge in [-0.2, -0.15) is 0 Å². The Morgan fingerprint density at radius 2 is 1.95 bits per heavy atom. The third kappa shape index (κ3) is 3.41. The van der Waals surface area contributed by atoms with Crippen LogP contribution in [0.5, 0.6) is 0 Å². The Labute approximate surface area is 119 Å². The zero-order chi connectivity index (χ0) is 15.4. The van der Waals surface area contributed by atoms with E-state index < -0.39 is 23.4 Å². The second-order valence-corrected chi connectivity index (χ2v) is 4.42. The van der Waals surface area contributed by atoms with Crippen LogP contribution in [0.3, 0.4) is 0 Å². The highest BCUT2D eigenvalue weighted by Crippen LogP contribution is 2.13. The van der Waals surface area contributed by atoms with Crippen molar-refractivity contribution in [3.05, 3.63) is 39.9 Å². The van der Waals surface area contributed by atoms with E-state index in [9.17, 15) is 24.5 Å². The highest BCUT2D eigenvalue weighted by molar-refractivity contribution is 5.98. The summed E-state index contributed by atoms with van der Waals surface area (Å²) in [6.45, 7) is -0.186. The van der Waals surface area contributed by atoms with E-state index in [1.54, 1.807) is 0 Å². The largest absolute Gasteiger partial charge is 0.452 e. The minimum absolute atomic E-state index is 0.0983. The molecule has 2 rings (SSSR count). The zero-order valence-corrected chi connectivity index (χ0v) is 11.0. The van der Waals surface area contributed by atoms with E-state index in [1.807, 2.05) is 0 Å². The molecule has 0 aromatic heterocycles. The van der Waals surface area contributed by atoms with Crippen LogP contribution in [0.1, 0.15) is 23.2 Å². The predicted octanol–water partition coefficient (Wildman–Crippen LogP) is 0.901. The molecule has 8 nitrogen and oxygen atoms in total. The van der Waals surface area contributed by atoms with E-state index in [0.29, 0.717) is 19.4 Å². The molecule has 1 fully saturated rings. The Kier molecular flexibility index (Phi) is 4.27. The number of hydrogen-bond donors (Lipinski definition) is 0. The topological polar surface area (TPSA) is 107 Å². The van der Waals surface area contributed by atoms with Crippen LogP contribution in [0, 0.1) is 10.1 Å². The SMILES string of the molecule is O=C(OCC(=O)N1CCCC1=O)c1ccc([N+](=O)[O-])cc1. The Morgan fingerprint density at radius 1 is 1.29 bits per heavy atom. The van der Waals surface area contributed by atoms with E-state index in [1.165, 1.54) is 24.3 Å². The van der Waals surface area contributed by atoms with Gasteiger partial charge in [0.05, 0.1) is 10.5 Å². The van der Waals surface area contributed by atoms with Gasteiger partial charge >= 0.3 is 5.97 Å². The lowest BCUT2D eigenvalue weighted by Gasteiger charge is -2.13. The summed E-state index contributed by atoms with van der Waals surface area (Å²) in [6, 6.07) is 4.82. The molecule has 0 aliphatic carbocycles. The van der Waals surface area contributed by atoms with Crippen molar-refractivity contribution in [3.63, 3.8) is 0 Å². The van der Waals surface area contributed by atoms with Gasteiger partial charge in [-0.05, 0) is 18.6 Å². The number of benzene rings is 1. The van der Waals surface area contributed by atoms with Gasteiger partial charge in [0.2, 0.25) is 5.91 Å². The highest BCUT2D eigenvalue weighted by Gasteiger charge is 2.27. The number of ether oxygens (including phenoxy) is 1. The second-order valence-electron chi connectivity index (χ2n) is 4.42. The Morgan fingerprint density at radius 3 is 2.48 bits per heavy atom. The van der Waals surface area contributed by atoms with Gasteiger partial charge in [-0.25, -0.2) is 4.79 Å². The van der Waals surface area contributed by atoms with Gasteiger partial charge in [-0.3, -0.25) is 24.6 Å². The lowest BCUT2D eigenvalue weighted by molar-refractivity contribution is -0.384. The van der Waals surface area contributed by atoms with E-state index >= 15 is 0 Å². The Hall–Kier alpha value is -2.77. The van der Waals surface area contributed by atoms with Gasteiger partial charge in [0.1, 0.15) is 0 Å². The fourth-order valence-corrected chi connectivity index (χ4v) is 1.92. The number of nitro groups is 1. The van der Waals surface area contributed by atoms with Crippen LogP contribution < -0.4 is 0 Å². The summed E-state index contributed by atoms with van der Waals surface area (Å²) >= 11 is 0. The first kappa shape index (κ1) is 14.6. The molecule has 8 heteroatoms. The van der Waals surface area contributed by atoms with Crippen LogP contribution in [0.2, 0.25) is 0 Å². The molecular formula is C13H12N2O6. The summed E-state index contributed by atoms with van der Waals surface area (Å²) in [5, 5.41) is 10.5. The van der Waals surface area contributed by atoms with Crippen molar-refractivity contribution in [2.24, 2.45) is 0 Å². The van der Waals surface area contributed by atoms with Crippen LogP contribution in [-0.4, -0.2) is 40.8 Å². The summed E-state index contributed by atoms with van der Waals surface area (Å²) in [7, 11) is 0. The average Bonchev–Trinajstić information content (AvgIpc) is 2.90.